The van der Waals surface area contributed by atoms with Gasteiger partial charge < -0.3 is 10.4 Å². The van der Waals surface area contributed by atoms with Crippen LogP contribution in [0.2, 0.25) is 0 Å². The van der Waals surface area contributed by atoms with E-state index >= 15 is 0 Å². The van der Waals surface area contributed by atoms with Gasteiger partial charge in [0, 0.05) is 10.4 Å². The Bertz CT molecular complexity index is 1030. The Labute approximate surface area is 173 Å². The number of benzene rings is 2. The summed E-state index contributed by atoms with van der Waals surface area (Å²) in [5.74, 6) is -1.17. The summed E-state index contributed by atoms with van der Waals surface area (Å²) in [6.07, 6.45) is 0.723. The van der Waals surface area contributed by atoms with Crippen molar-refractivity contribution in [2.45, 2.75) is 32.7 Å². The van der Waals surface area contributed by atoms with Crippen molar-refractivity contribution < 1.29 is 14.7 Å². The maximum Gasteiger partial charge on any atom is 0.304 e. The molecule has 0 radical (unpaired) electrons. The van der Waals surface area contributed by atoms with Gasteiger partial charge in [-0.3, -0.25) is 9.59 Å². The Morgan fingerprint density at radius 1 is 1.07 bits per heavy atom. The van der Waals surface area contributed by atoms with Crippen molar-refractivity contribution in [3.8, 4) is 11.3 Å². The molecule has 0 bridgehead atoms. The number of aliphatic carboxylic acids is 1. The Morgan fingerprint density at radius 3 is 2.31 bits per heavy atom. The molecule has 29 heavy (non-hydrogen) atoms. The summed E-state index contributed by atoms with van der Waals surface area (Å²) in [5, 5.41) is 13.2. The van der Waals surface area contributed by atoms with Gasteiger partial charge in [0.15, 0.2) is 0 Å². The van der Waals surface area contributed by atoms with Crippen LogP contribution in [0.15, 0.2) is 54.6 Å². The number of aryl methyl sites for hydroxylation is 1. The fraction of sp³-hybridized carbons (Fsp3) is 0.261. The van der Waals surface area contributed by atoms with E-state index in [9.17, 15) is 14.7 Å². The van der Waals surface area contributed by atoms with Gasteiger partial charge in [-0.05, 0) is 30.9 Å². The van der Waals surface area contributed by atoms with Gasteiger partial charge in [-0.1, -0.05) is 54.6 Å². The van der Waals surface area contributed by atoms with Crippen LogP contribution in [0, 0.1) is 12.3 Å². The lowest BCUT2D eigenvalue weighted by Crippen LogP contribution is -2.43. The molecule has 0 spiro atoms. The number of fused-ring (bicyclic) bond motifs is 1. The number of thiazole rings is 1. The molecule has 0 fully saturated rings. The number of carbonyl (C=O) groups excluding carboxylic acids is 1. The predicted octanol–water partition coefficient (Wildman–Crippen LogP) is 3.99. The fourth-order valence-corrected chi connectivity index (χ4v) is 4.98. The van der Waals surface area contributed by atoms with Crippen molar-refractivity contribution in [2.75, 3.05) is 0 Å². The summed E-state index contributed by atoms with van der Waals surface area (Å²) >= 11 is 1.55. The fourth-order valence-electron chi connectivity index (χ4n) is 4.08. The maximum atomic E-state index is 13.1. The molecule has 5 nitrogen and oxygen atoms in total. The normalized spacial score (nSPS) is 14.4. The molecular formula is C23H22N2O3S. The van der Waals surface area contributed by atoms with E-state index in [1.807, 2.05) is 61.5 Å². The van der Waals surface area contributed by atoms with Crippen molar-refractivity contribution in [3.05, 3.63) is 75.6 Å². The lowest BCUT2D eigenvalue weighted by molar-refractivity contribution is -0.145. The van der Waals surface area contributed by atoms with Crippen LogP contribution in [0.4, 0.5) is 0 Å². The van der Waals surface area contributed by atoms with Gasteiger partial charge in [0.2, 0.25) is 5.91 Å². The quantitative estimate of drug-likeness (QED) is 0.649. The maximum absolute atomic E-state index is 13.1. The number of hydrogen-bond acceptors (Lipinski definition) is 4. The number of nitrogens with zero attached hydrogens (tertiary/aromatic N) is 1. The second kappa shape index (κ2) is 7.79. The van der Waals surface area contributed by atoms with Crippen LogP contribution in [0.5, 0.6) is 0 Å². The first-order valence-electron chi connectivity index (χ1n) is 9.55. The molecule has 0 aliphatic heterocycles. The summed E-state index contributed by atoms with van der Waals surface area (Å²) in [7, 11) is 0. The van der Waals surface area contributed by atoms with Crippen LogP contribution < -0.4 is 5.32 Å². The number of rotatable bonds is 6. The lowest BCUT2D eigenvalue weighted by atomic mass is 9.80. The average molecular weight is 407 g/mol. The third-order valence-electron chi connectivity index (χ3n) is 5.44. The SMILES string of the molecule is Cc1sc(CNC(=O)C2(CC(=O)O)Cc3ccccc3C2)nc1-c1ccccc1. The predicted molar refractivity (Wildman–Crippen MR) is 113 cm³/mol. The van der Waals surface area contributed by atoms with E-state index in [4.69, 9.17) is 0 Å². The molecule has 1 aliphatic rings. The first kappa shape index (κ1) is 19.3. The zero-order valence-electron chi connectivity index (χ0n) is 16.1. The molecule has 2 N–H and O–H groups in total. The first-order chi connectivity index (χ1) is 14.0. The highest BCUT2D eigenvalue weighted by molar-refractivity contribution is 7.12. The largest absolute Gasteiger partial charge is 0.481 e. The molecule has 4 rings (SSSR count). The van der Waals surface area contributed by atoms with E-state index < -0.39 is 11.4 Å². The average Bonchev–Trinajstić information content (AvgIpc) is 3.26. The van der Waals surface area contributed by atoms with Crippen molar-refractivity contribution in [1.82, 2.24) is 10.3 Å². The van der Waals surface area contributed by atoms with Gasteiger partial charge in [-0.2, -0.15) is 0 Å². The van der Waals surface area contributed by atoms with E-state index in [1.165, 1.54) is 0 Å². The van der Waals surface area contributed by atoms with E-state index in [1.54, 1.807) is 11.3 Å². The highest BCUT2D eigenvalue weighted by Gasteiger charge is 2.45. The van der Waals surface area contributed by atoms with Crippen LogP contribution in [-0.4, -0.2) is 22.0 Å². The van der Waals surface area contributed by atoms with Gasteiger partial charge in [-0.25, -0.2) is 4.98 Å². The minimum absolute atomic E-state index is 0.181. The molecular weight excluding hydrogens is 384 g/mol. The summed E-state index contributed by atoms with van der Waals surface area (Å²) in [4.78, 5) is 30.4. The molecule has 1 heterocycles. The minimum Gasteiger partial charge on any atom is -0.481 e. The van der Waals surface area contributed by atoms with Crippen LogP contribution in [0.25, 0.3) is 11.3 Å². The van der Waals surface area contributed by atoms with Gasteiger partial charge in [0.1, 0.15) is 5.01 Å². The number of carboxylic acid groups (broad SMARTS) is 1. The van der Waals surface area contributed by atoms with Crippen LogP contribution in [-0.2, 0) is 29.0 Å². The summed E-state index contributed by atoms with van der Waals surface area (Å²) in [6, 6.07) is 17.8. The van der Waals surface area contributed by atoms with E-state index in [-0.39, 0.29) is 12.3 Å². The molecule has 1 aromatic heterocycles. The Hall–Kier alpha value is -2.99. The molecule has 1 amide bonds. The summed E-state index contributed by atoms with van der Waals surface area (Å²) in [6.45, 7) is 2.32. The van der Waals surface area contributed by atoms with Gasteiger partial charge in [-0.15, -0.1) is 11.3 Å². The van der Waals surface area contributed by atoms with Crippen molar-refractivity contribution >= 4 is 23.2 Å². The van der Waals surface area contributed by atoms with E-state index in [2.05, 4.69) is 10.3 Å². The molecule has 0 atom stereocenters. The zero-order chi connectivity index (χ0) is 20.4. The van der Waals surface area contributed by atoms with E-state index in [0.717, 1.165) is 32.3 Å². The molecule has 3 aromatic rings. The number of aromatic nitrogens is 1. The molecule has 0 saturated carbocycles. The van der Waals surface area contributed by atoms with Gasteiger partial charge in [0.25, 0.3) is 0 Å². The Morgan fingerprint density at radius 2 is 1.69 bits per heavy atom. The van der Waals surface area contributed by atoms with Crippen LogP contribution >= 0.6 is 11.3 Å². The Balaban J connectivity index is 1.50. The van der Waals surface area contributed by atoms with Crippen LogP contribution in [0.1, 0.15) is 27.4 Å². The molecule has 148 valence electrons. The second-order valence-electron chi connectivity index (χ2n) is 7.53. The third kappa shape index (κ3) is 3.93. The molecule has 6 heteroatoms. The molecule has 1 aliphatic carbocycles. The van der Waals surface area contributed by atoms with E-state index in [0.29, 0.717) is 19.4 Å². The minimum atomic E-state index is -0.954. The topological polar surface area (TPSA) is 79.3 Å². The third-order valence-corrected chi connectivity index (χ3v) is 6.41. The Kier molecular flexibility index (Phi) is 5.20. The highest BCUT2D eigenvalue weighted by Crippen LogP contribution is 2.40. The lowest BCUT2D eigenvalue weighted by Gasteiger charge is -2.25. The standard InChI is InChI=1S/C23H22N2O3S/c1-15-21(16-7-3-2-4-8-16)25-19(29-15)14-24-22(28)23(13-20(26)27)11-17-9-5-6-10-18(17)12-23/h2-10H,11-14H2,1H3,(H,24,28)(H,26,27). The number of carbonyl (C=O) groups is 2. The summed E-state index contributed by atoms with van der Waals surface area (Å²) in [5.41, 5.74) is 3.14. The second-order valence-corrected chi connectivity index (χ2v) is 8.82. The first-order valence-corrected chi connectivity index (χ1v) is 10.4. The zero-order valence-corrected chi connectivity index (χ0v) is 17.0. The number of carboxylic acids is 1. The van der Waals surface area contributed by atoms with Crippen molar-refractivity contribution in [3.63, 3.8) is 0 Å². The van der Waals surface area contributed by atoms with Crippen molar-refractivity contribution in [1.29, 1.82) is 0 Å². The smallest absolute Gasteiger partial charge is 0.304 e. The molecule has 0 unspecified atom stereocenters. The molecule has 0 saturated heterocycles. The van der Waals surface area contributed by atoms with Gasteiger partial charge >= 0.3 is 5.97 Å². The summed E-state index contributed by atoms with van der Waals surface area (Å²) < 4.78 is 0. The number of hydrogen-bond donors (Lipinski definition) is 2. The van der Waals surface area contributed by atoms with Crippen LogP contribution in [0.3, 0.4) is 0 Å². The number of nitrogens with one attached hydrogen (secondary N) is 1. The number of amides is 1. The molecule has 2 aromatic carbocycles. The van der Waals surface area contributed by atoms with Crippen molar-refractivity contribution in [2.24, 2.45) is 5.41 Å². The monoisotopic (exact) mass is 406 g/mol. The highest BCUT2D eigenvalue weighted by atomic mass is 32.1. The van der Waals surface area contributed by atoms with Gasteiger partial charge in [0.05, 0.1) is 24.1 Å².